The molecule has 0 aliphatic heterocycles. The van der Waals surface area contributed by atoms with E-state index in [-0.39, 0.29) is 12.2 Å². The van der Waals surface area contributed by atoms with E-state index in [0.717, 1.165) is 12.8 Å². The van der Waals surface area contributed by atoms with Crippen LogP contribution in [0.15, 0.2) is 24.3 Å². The zero-order valence-electron chi connectivity index (χ0n) is 9.62. The second kappa shape index (κ2) is 4.96. The molecule has 0 spiro atoms. The fourth-order valence-corrected chi connectivity index (χ4v) is 1.41. The molecule has 0 aromatic carbocycles. The first-order valence-electron chi connectivity index (χ1n) is 5.15. The van der Waals surface area contributed by atoms with Crippen LogP contribution in [0, 0.1) is 0 Å². The molecule has 0 heterocycles. The summed E-state index contributed by atoms with van der Waals surface area (Å²) in [6.45, 7) is 6.40. The van der Waals surface area contributed by atoms with Gasteiger partial charge >= 0.3 is 11.9 Å². The van der Waals surface area contributed by atoms with Gasteiger partial charge in [0.2, 0.25) is 0 Å². The molecule has 0 saturated carbocycles. The van der Waals surface area contributed by atoms with Crippen LogP contribution in [0.4, 0.5) is 0 Å². The molecule has 16 heavy (non-hydrogen) atoms. The third-order valence-electron chi connectivity index (χ3n) is 2.29. The average molecular weight is 224 g/mol. The Morgan fingerprint density at radius 1 is 1.50 bits per heavy atom. The average Bonchev–Trinajstić information content (AvgIpc) is 2.60. The van der Waals surface area contributed by atoms with E-state index in [9.17, 15) is 9.59 Å². The van der Waals surface area contributed by atoms with Crippen LogP contribution < -0.4 is 0 Å². The van der Waals surface area contributed by atoms with Gasteiger partial charge < -0.3 is 9.47 Å². The predicted molar refractivity (Wildman–Crippen MR) is 58.6 cm³/mol. The van der Waals surface area contributed by atoms with Gasteiger partial charge in [0, 0.05) is 5.57 Å². The largest absolute Gasteiger partial charge is 0.453 e. The van der Waals surface area contributed by atoms with Gasteiger partial charge in [-0.1, -0.05) is 12.7 Å². The Morgan fingerprint density at radius 3 is 2.69 bits per heavy atom. The van der Waals surface area contributed by atoms with Crippen LogP contribution in [0.5, 0.6) is 0 Å². The molecule has 1 unspecified atom stereocenters. The molecule has 4 nitrogen and oxygen atoms in total. The summed E-state index contributed by atoms with van der Waals surface area (Å²) in [4.78, 5) is 22.4. The Balaban J connectivity index is 2.34. The minimum Gasteiger partial charge on any atom is -0.453 e. The van der Waals surface area contributed by atoms with Crippen molar-refractivity contribution < 1.29 is 19.1 Å². The van der Waals surface area contributed by atoms with E-state index in [1.165, 1.54) is 6.92 Å². The van der Waals surface area contributed by atoms with Gasteiger partial charge in [-0.2, -0.15) is 0 Å². The summed E-state index contributed by atoms with van der Waals surface area (Å²) in [6, 6.07) is 0. The maximum absolute atomic E-state index is 11.4. The molecule has 4 heteroatoms. The fourth-order valence-electron chi connectivity index (χ4n) is 1.41. The van der Waals surface area contributed by atoms with Crippen LogP contribution >= 0.6 is 0 Å². The lowest BCUT2D eigenvalue weighted by Gasteiger charge is -2.22. The van der Waals surface area contributed by atoms with Crippen LogP contribution in [0.3, 0.4) is 0 Å². The van der Waals surface area contributed by atoms with E-state index in [4.69, 9.17) is 4.74 Å². The standard InChI is InChI=1S/C12H16O4/c1-9(2)11(14)15-8-10(13)16-12(3)6-4-5-7-12/h4,6H,1,5,7-8H2,2-3H3. The van der Waals surface area contributed by atoms with Crippen molar-refractivity contribution >= 4 is 11.9 Å². The molecule has 1 aliphatic rings. The van der Waals surface area contributed by atoms with Gasteiger partial charge in [-0.3, -0.25) is 0 Å². The summed E-state index contributed by atoms with van der Waals surface area (Å²) < 4.78 is 9.88. The Bertz CT molecular complexity index is 343. The van der Waals surface area contributed by atoms with Crippen molar-refractivity contribution in [1.82, 2.24) is 0 Å². The monoisotopic (exact) mass is 224 g/mol. The van der Waals surface area contributed by atoms with Crippen LogP contribution in [-0.2, 0) is 19.1 Å². The lowest BCUT2D eigenvalue weighted by atomic mass is 10.1. The van der Waals surface area contributed by atoms with E-state index >= 15 is 0 Å². The van der Waals surface area contributed by atoms with Crippen LogP contribution in [-0.4, -0.2) is 24.1 Å². The molecule has 0 radical (unpaired) electrons. The number of hydrogen-bond donors (Lipinski definition) is 0. The highest BCUT2D eigenvalue weighted by molar-refractivity contribution is 5.88. The van der Waals surface area contributed by atoms with Gasteiger partial charge in [0.15, 0.2) is 6.61 Å². The fraction of sp³-hybridized carbons (Fsp3) is 0.500. The topological polar surface area (TPSA) is 52.6 Å². The zero-order chi connectivity index (χ0) is 12.2. The number of allylic oxidation sites excluding steroid dienone is 1. The molecule has 0 bridgehead atoms. The molecule has 0 fully saturated rings. The highest BCUT2D eigenvalue weighted by atomic mass is 16.6. The third-order valence-corrected chi connectivity index (χ3v) is 2.29. The molecule has 0 aromatic rings. The smallest absolute Gasteiger partial charge is 0.345 e. The molecule has 1 aliphatic carbocycles. The number of carbonyl (C=O) groups excluding carboxylic acids is 2. The van der Waals surface area contributed by atoms with E-state index in [1.807, 2.05) is 19.1 Å². The van der Waals surface area contributed by atoms with Crippen LogP contribution in [0.1, 0.15) is 26.7 Å². The minimum absolute atomic E-state index is 0.264. The summed E-state index contributed by atoms with van der Waals surface area (Å²) in [7, 11) is 0. The molecule has 0 N–H and O–H groups in total. The van der Waals surface area contributed by atoms with Crippen molar-refractivity contribution in [2.45, 2.75) is 32.3 Å². The van der Waals surface area contributed by atoms with E-state index in [0.29, 0.717) is 0 Å². The maximum Gasteiger partial charge on any atom is 0.345 e. The maximum atomic E-state index is 11.4. The van der Waals surface area contributed by atoms with Crippen molar-refractivity contribution in [3.05, 3.63) is 24.3 Å². The Hall–Kier alpha value is -1.58. The Labute approximate surface area is 94.9 Å². The first-order valence-corrected chi connectivity index (χ1v) is 5.15. The van der Waals surface area contributed by atoms with Gasteiger partial charge in [-0.25, -0.2) is 9.59 Å². The van der Waals surface area contributed by atoms with Crippen LogP contribution in [0.25, 0.3) is 0 Å². The van der Waals surface area contributed by atoms with Gasteiger partial charge in [0.1, 0.15) is 5.60 Å². The molecule has 0 aromatic heterocycles. The van der Waals surface area contributed by atoms with Crippen molar-refractivity contribution in [3.63, 3.8) is 0 Å². The molecule has 0 saturated heterocycles. The summed E-state index contributed by atoms with van der Waals surface area (Å²) in [5, 5.41) is 0. The molecule has 1 rings (SSSR count). The summed E-state index contributed by atoms with van der Waals surface area (Å²) in [5.74, 6) is -1.12. The second-order valence-electron chi connectivity index (χ2n) is 4.08. The normalized spacial score (nSPS) is 22.9. The van der Waals surface area contributed by atoms with E-state index < -0.39 is 17.5 Å². The first-order chi connectivity index (χ1) is 7.43. The second-order valence-corrected chi connectivity index (χ2v) is 4.08. The van der Waals surface area contributed by atoms with Crippen LogP contribution in [0.2, 0.25) is 0 Å². The Morgan fingerprint density at radius 2 is 2.19 bits per heavy atom. The highest BCUT2D eigenvalue weighted by Crippen LogP contribution is 2.25. The third kappa shape index (κ3) is 3.53. The van der Waals surface area contributed by atoms with Gasteiger partial charge in [-0.05, 0) is 32.8 Å². The zero-order valence-corrected chi connectivity index (χ0v) is 9.62. The molecule has 0 amide bonds. The number of carbonyl (C=O) groups is 2. The first kappa shape index (κ1) is 12.5. The van der Waals surface area contributed by atoms with Crippen molar-refractivity contribution in [3.8, 4) is 0 Å². The number of ether oxygens (including phenoxy) is 2. The summed E-state index contributed by atoms with van der Waals surface area (Å²) >= 11 is 0. The lowest BCUT2D eigenvalue weighted by molar-refractivity contribution is -0.164. The number of esters is 2. The van der Waals surface area contributed by atoms with Crippen molar-refractivity contribution in [2.75, 3.05) is 6.61 Å². The summed E-state index contributed by atoms with van der Waals surface area (Å²) in [6.07, 6.45) is 5.49. The van der Waals surface area contributed by atoms with E-state index in [2.05, 4.69) is 11.3 Å². The van der Waals surface area contributed by atoms with Gasteiger partial charge in [0.25, 0.3) is 0 Å². The number of hydrogen-bond acceptors (Lipinski definition) is 4. The van der Waals surface area contributed by atoms with Gasteiger partial charge in [0.05, 0.1) is 0 Å². The van der Waals surface area contributed by atoms with Crippen molar-refractivity contribution in [1.29, 1.82) is 0 Å². The lowest BCUT2D eigenvalue weighted by Crippen LogP contribution is -2.29. The van der Waals surface area contributed by atoms with E-state index in [1.54, 1.807) is 0 Å². The summed E-state index contributed by atoms with van der Waals surface area (Å²) in [5.41, 5.74) is -0.285. The predicted octanol–water partition coefficient (Wildman–Crippen LogP) is 1.76. The SMILES string of the molecule is C=C(C)C(=O)OCC(=O)OC1(C)C=CCC1. The minimum atomic E-state index is -0.580. The molecular weight excluding hydrogens is 208 g/mol. The number of rotatable bonds is 4. The Kier molecular flexibility index (Phi) is 3.88. The molecule has 88 valence electrons. The van der Waals surface area contributed by atoms with Gasteiger partial charge in [-0.15, -0.1) is 0 Å². The quantitative estimate of drug-likeness (QED) is 0.415. The van der Waals surface area contributed by atoms with Crippen molar-refractivity contribution in [2.24, 2.45) is 0 Å². The highest BCUT2D eigenvalue weighted by Gasteiger charge is 2.28. The molecule has 1 atom stereocenters. The molecular formula is C12H16O4.